The van der Waals surface area contributed by atoms with Crippen molar-refractivity contribution in [3.63, 3.8) is 0 Å². The van der Waals surface area contributed by atoms with Crippen LogP contribution in [0.25, 0.3) is 0 Å². The van der Waals surface area contributed by atoms with Gasteiger partial charge in [-0.3, -0.25) is 9.59 Å². The highest BCUT2D eigenvalue weighted by Gasteiger charge is 2.34. The Morgan fingerprint density at radius 3 is 2.70 bits per heavy atom. The quantitative estimate of drug-likeness (QED) is 0.656. The molecule has 2 aliphatic heterocycles. The maximum atomic E-state index is 13.2. The van der Waals surface area contributed by atoms with Crippen LogP contribution in [0.5, 0.6) is 17.2 Å². The highest BCUT2D eigenvalue weighted by molar-refractivity contribution is 7.89. The monoisotopic (exact) mass is 475 g/mol. The van der Waals surface area contributed by atoms with E-state index in [9.17, 15) is 18.0 Å². The van der Waals surface area contributed by atoms with E-state index < -0.39 is 15.9 Å². The Bertz CT molecular complexity index is 1180. The average Bonchev–Trinajstić information content (AvgIpc) is 2.83. The number of nitrogens with one attached hydrogen (secondary N) is 2. The second-order valence-electron chi connectivity index (χ2n) is 7.76. The summed E-state index contributed by atoms with van der Waals surface area (Å²) >= 11 is 0. The van der Waals surface area contributed by atoms with Crippen LogP contribution in [0.4, 0.5) is 11.4 Å². The van der Waals surface area contributed by atoms with E-state index in [1.54, 1.807) is 18.2 Å². The Morgan fingerprint density at radius 1 is 1.15 bits per heavy atom. The Kier molecular flexibility index (Phi) is 6.43. The number of carbonyl (C=O) groups is 2. The normalized spacial score (nSPS) is 18.5. The molecule has 1 saturated heterocycles. The minimum Gasteiger partial charge on any atom is -0.493 e. The number of hydrogen-bond acceptors (Lipinski definition) is 7. The Hall–Kier alpha value is -3.31. The van der Waals surface area contributed by atoms with E-state index in [1.165, 1.54) is 36.7 Å². The fourth-order valence-corrected chi connectivity index (χ4v) is 5.46. The molecule has 2 aromatic carbocycles. The standard InChI is InChI=1S/C22H25N3O7S/c1-30-19-7-5-15(10-20(19)31-2)23-22(27)14-4-3-9-25(12-14)33(28,29)16-6-8-18-17(11-16)24-21(26)13-32-18/h5-8,10-11,14H,3-4,9,12-13H2,1-2H3,(H,23,27)(H,24,26). The predicted molar refractivity (Wildman–Crippen MR) is 120 cm³/mol. The molecule has 1 unspecified atom stereocenters. The van der Waals surface area contributed by atoms with Gasteiger partial charge in [-0.1, -0.05) is 0 Å². The number of carbonyl (C=O) groups excluding carboxylic acids is 2. The van der Waals surface area contributed by atoms with E-state index in [-0.39, 0.29) is 29.9 Å². The lowest BCUT2D eigenvalue weighted by Gasteiger charge is -2.31. The summed E-state index contributed by atoms with van der Waals surface area (Å²) in [6, 6.07) is 9.38. The van der Waals surface area contributed by atoms with Crippen molar-refractivity contribution < 1.29 is 32.2 Å². The molecule has 0 spiro atoms. The number of fused-ring (bicyclic) bond motifs is 1. The number of anilines is 2. The summed E-state index contributed by atoms with van der Waals surface area (Å²) in [6.45, 7) is 0.256. The molecule has 0 radical (unpaired) electrons. The number of methoxy groups -OCH3 is 2. The number of sulfonamides is 1. The number of rotatable bonds is 6. The maximum Gasteiger partial charge on any atom is 0.262 e. The zero-order valence-corrected chi connectivity index (χ0v) is 19.1. The summed E-state index contributed by atoms with van der Waals surface area (Å²) in [4.78, 5) is 24.5. The molecule has 2 heterocycles. The van der Waals surface area contributed by atoms with Crippen LogP contribution in [0, 0.1) is 5.92 Å². The number of piperidine rings is 1. The van der Waals surface area contributed by atoms with Gasteiger partial charge >= 0.3 is 0 Å². The third-order valence-corrected chi connectivity index (χ3v) is 7.49. The predicted octanol–water partition coefficient (Wildman–Crippen LogP) is 2.07. The van der Waals surface area contributed by atoms with Crippen LogP contribution in [-0.4, -0.2) is 58.5 Å². The number of benzene rings is 2. The summed E-state index contributed by atoms with van der Waals surface area (Å²) < 4.78 is 43.6. The third-order valence-electron chi connectivity index (χ3n) is 5.63. The summed E-state index contributed by atoms with van der Waals surface area (Å²) in [5.41, 5.74) is 0.843. The zero-order valence-electron chi connectivity index (χ0n) is 18.3. The maximum absolute atomic E-state index is 13.2. The van der Waals surface area contributed by atoms with Gasteiger partial charge in [0.2, 0.25) is 15.9 Å². The first-order valence-electron chi connectivity index (χ1n) is 10.4. The van der Waals surface area contributed by atoms with Crippen molar-refractivity contribution in [2.24, 2.45) is 5.92 Å². The minimum absolute atomic E-state index is 0.0352. The van der Waals surface area contributed by atoms with Crippen molar-refractivity contribution in [2.45, 2.75) is 17.7 Å². The second kappa shape index (κ2) is 9.28. The van der Waals surface area contributed by atoms with Crippen LogP contribution in [0.3, 0.4) is 0 Å². The fraction of sp³-hybridized carbons (Fsp3) is 0.364. The summed E-state index contributed by atoms with van der Waals surface area (Å²) in [7, 11) is -0.832. The lowest BCUT2D eigenvalue weighted by molar-refractivity contribution is -0.121. The largest absolute Gasteiger partial charge is 0.493 e. The Morgan fingerprint density at radius 2 is 1.94 bits per heavy atom. The molecule has 2 N–H and O–H groups in total. The first-order valence-corrected chi connectivity index (χ1v) is 11.9. The number of hydrogen-bond donors (Lipinski definition) is 2. The summed E-state index contributed by atoms with van der Waals surface area (Å²) in [6.07, 6.45) is 1.12. The van der Waals surface area contributed by atoms with Gasteiger partial charge in [0.15, 0.2) is 18.1 Å². The molecule has 0 aliphatic carbocycles. The van der Waals surface area contributed by atoms with Gasteiger partial charge < -0.3 is 24.8 Å². The first kappa shape index (κ1) is 22.9. The van der Waals surface area contributed by atoms with E-state index in [1.807, 2.05) is 0 Å². The van der Waals surface area contributed by atoms with Gasteiger partial charge in [-0.2, -0.15) is 4.31 Å². The zero-order chi connectivity index (χ0) is 23.6. The highest BCUT2D eigenvalue weighted by Crippen LogP contribution is 2.33. The molecule has 33 heavy (non-hydrogen) atoms. The topological polar surface area (TPSA) is 123 Å². The van der Waals surface area contributed by atoms with E-state index in [0.29, 0.717) is 48.0 Å². The van der Waals surface area contributed by atoms with Gasteiger partial charge in [-0.15, -0.1) is 0 Å². The van der Waals surface area contributed by atoms with Crippen molar-refractivity contribution in [1.29, 1.82) is 0 Å². The number of ether oxygens (including phenoxy) is 3. The van der Waals surface area contributed by atoms with Crippen LogP contribution in [0.2, 0.25) is 0 Å². The molecular weight excluding hydrogens is 450 g/mol. The lowest BCUT2D eigenvalue weighted by atomic mass is 9.98. The molecule has 0 bridgehead atoms. The van der Waals surface area contributed by atoms with Crippen LogP contribution in [0.15, 0.2) is 41.3 Å². The SMILES string of the molecule is COc1ccc(NC(=O)C2CCCN(S(=O)(=O)c3ccc4c(c3)NC(=O)CO4)C2)cc1OC. The first-order chi connectivity index (χ1) is 15.8. The van der Waals surface area contributed by atoms with Crippen molar-refractivity contribution in [2.75, 3.05) is 44.5 Å². The molecule has 176 valence electrons. The number of amides is 2. The number of nitrogens with zero attached hydrogens (tertiary/aromatic N) is 1. The second-order valence-corrected chi connectivity index (χ2v) is 9.69. The molecule has 2 aliphatic rings. The van der Waals surface area contributed by atoms with Crippen LogP contribution >= 0.6 is 0 Å². The van der Waals surface area contributed by atoms with Gasteiger partial charge in [0.05, 0.1) is 30.7 Å². The van der Waals surface area contributed by atoms with Crippen molar-refractivity contribution in [3.05, 3.63) is 36.4 Å². The Labute approximate surface area is 191 Å². The molecule has 0 saturated carbocycles. The van der Waals surface area contributed by atoms with Crippen molar-refractivity contribution in [1.82, 2.24) is 4.31 Å². The molecule has 4 rings (SSSR count). The van der Waals surface area contributed by atoms with Gasteiger partial charge in [-0.05, 0) is 43.2 Å². The van der Waals surface area contributed by atoms with Crippen molar-refractivity contribution >= 4 is 33.2 Å². The molecule has 2 aromatic rings. The molecule has 1 fully saturated rings. The van der Waals surface area contributed by atoms with Crippen LogP contribution in [0.1, 0.15) is 12.8 Å². The van der Waals surface area contributed by atoms with Gasteiger partial charge in [0, 0.05) is 24.8 Å². The minimum atomic E-state index is -3.86. The van der Waals surface area contributed by atoms with Gasteiger partial charge in [-0.25, -0.2) is 8.42 Å². The molecule has 11 heteroatoms. The van der Waals surface area contributed by atoms with Crippen LogP contribution in [-0.2, 0) is 19.6 Å². The summed E-state index contributed by atoms with van der Waals surface area (Å²) in [5, 5.41) is 5.45. The molecule has 10 nitrogen and oxygen atoms in total. The average molecular weight is 476 g/mol. The van der Waals surface area contributed by atoms with Crippen LogP contribution < -0.4 is 24.8 Å². The van der Waals surface area contributed by atoms with E-state index in [0.717, 1.165) is 0 Å². The smallest absolute Gasteiger partial charge is 0.262 e. The van der Waals surface area contributed by atoms with E-state index in [4.69, 9.17) is 14.2 Å². The van der Waals surface area contributed by atoms with E-state index in [2.05, 4.69) is 10.6 Å². The summed E-state index contributed by atoms with van der Waals surface area (Å²) in [5.74, 6) is 0.306. The molecule has 1 atom stereocenters. The molecule has 2 amide bonds. The fourth-order valence-electron chi connectivity index (χ4n) is 3.90. The Balaban J connectivity index is 1.48. The lowest BCUT2D eigenvalue weighted by Crippen LogP contribution is -2.43. The highest BCUT2D eigenvalue weighted by atomic mass is 32.2. The van der Waals surface area contributed by atoms with Gasteiger partial charge in [0.1, 0.15) is 5.75 Å². The third kappa shape index (κ3) is 4.74. The van der Waals surface area contributed by atoms with Gasteiger partial charge in [0.25, 0.3) is 5.91 Å². The van der Waals surface area contributed by atoms with Crippen molar-refractivity contribution in [3.8, 4) is 17.2 Å². The molecular formula is C22H25N3O7S. The molecule has 0 aromatic heterocycles. The van der Waals surface area contributed by atoms with E-state index >= 15 is 0 Å².